The van der Waals surface area contributed by atoms with E-state index in [1.807, 2.05) is 55.5 Å². The molecule has 2 bridgehead atoms. The highest BCUT2D eigenvalue weighted by molar-refractivity contribution is 5.97. The molecule has 7 heteroatoms. The van der Waals surface area contributed by atoms with Crippen LogP contribution in [-0.2, 0) is 16.1 Å². The van der Waals surface area contributed by atoms with E-state index in [0.717, 1.165) is 44.5 Å². The van der Waals surface area contributed by atoms with Crippen LogP contribution in [0.25, 0.3) is 11.1 Å². The molecule has 3 N–H and O–H groups in total. The molecule has 0 saturated heterocycles. The number of fused-ring (bicyclic) bond motifs is 8. The lowest BCUT2D eigenvalue weighted by atomic mass is 9.84. The van der Waals surface area contributed by atoms with Crippen LogP contribution in [0.3, 0.4) is 0 Å². The highest BCUT2D eigenvalue weighted by Gasteiger charge is 2.43. The first-order valence-electron chi connectivity index (χ1n) is 12.5. The van der Waals surface area contributed by atoms with Crippen molar-refractivity contribution in [1.29, 1.82) is 0 Å². The van der Waals surface area contributed by atoms with Crippen molar-refractivity contribution >= 4 is 11.7 Å². The molecule has 4 aromatic carbocycles. The summed E-state index contributed by atoms with van der Waals surface area (Å²) in [5.41, 5.74) is 14.5. The standard InChI is InChI=1S/C31H26FN3O3/c1-2-37-35-30(33)20-5-3-18(4-6-20)17-34-31(36)22-10-14-25-27(16-22)29-26-15-21(9-13-24(26)28(25)38-29)19-7-11-23(32)12-8-19/h3-16,28-29H,2,17H2,1H3,(H2,33,35)(H,34,36)/t28-,29+/m0/s1. The Kier molecular flexibility index (Phi) is 6.13. The Bertz CT molecular complexity index is 1550. The van der Waals surface area contributed by atoms with Gasteiger partial charge in [-0.1, -0.05) is 59.8 Å². The molecular formula is C31H26FN3O3. The van der Waals surface area contributed by atoms with Crippen molar-refractivity contribution < 1.29 is 18.8 Å². The van der Waals surface area contributed by atoms with Crippen LogP contribution in [0.2, 0.25) is 0 Å². The molecule has 6 rings (SSSR count). The first-order chi connectivity index (χ1) is 18.5. The third-order valence-electron chi connectivity index (χ3n) is 7.01. The number of nitrogens with zero attached hydrogens (tertiary/aromatic N) is 1. The van der Waals surface area contributed by atoms with Gasteiger partial charge in [0.2, 0.25) is 0 Å². The van der Waals surface area contributed by atoms with E-state index in [1.54, 1.807) is 12.1 Å². The number of oxime groups is 1. The summed E-state index contributed by atoms with van der Waals surface area (Å²) in [4.78, 5) is 18.0. The van der Waals surface area contributed by atoms with Gasteiger partial charge >= 0.3 is 0 Å². The second kappa shape index (κ2) is 9.76. The summed E-state index contributed by atoms with van der Waals surface area (Å²) in [6.07, 6.45) is -0.365. The van der Waals surface area contributed by atoms with E-state index in [-0.39, 0.29) is 23.9 Å². The van der Waals surface area contributed by atoms with Crippen LogP contribution in [0.4, 0.5) is 4.39 Å². The zero-order valence-corrected chi connectivity index (χ0v) is 20.8. The Balaban J connectivity index is 1.17. The maximum Gasteiger partial charge on any atom is 0.251 e. The van der Waals surface area contributed by atoms with Crippen LogP contribution < -0.4 is 11.1 Å². The SMILES string of the molecule is CCON=C(N)c1ccc(CNC(=O)c2ccc3c(c2)[C@@H]2O[C@H]3c3ccc(-c4ccc(F)cc4)cc32)cc1. The number of hydrogen-bond acceptors (Lipinski definition) is 4. The number of benzene rings is 4. The monoisotopic (exact) mass is 507 g/mol. The van der Waals surface area contributed by atoms with E-state index in [1.165, 1.54) is 12.1 Å². The predicted octanol–water partition coefficient (Wildman–Crippen LogP) is 5.60. The smallest absolute Gasteiger partial charge is 0.251 e. The second-order valence-electron chi connectivity index (χ2n) is 9.36. The Morgan fingerprint density at radius 1 is 0.868 bits per heavy atom. The van der Waals surface area contributed by atoms with Gasteiger partial charge in [-0.05, 0) is 76.2 Å². The van der Waals surface area contributed by atoms with Gasteiger partial charge in [0.05, 0.1) is 0 Å². The first kappa shape index (κ1) is 23.9. The molecule has 4 aromatic rings. The minimum atomic E-state index is -0.259. The summed E-state index contributed by atoms with van der Waals surface area (Å²) in [6, 6.07) is 26.0. The molecule has 2 aliphatic heterocycles. The van der Waals surface area contributed by atoms with E-state index in [4.69, 9.17) is 15.3 Å². The average molecular weight is 508 g/mol. The molecule has 0 fully saturated rings. The lowest BCUT2D eigenvalue weighted by Crippen LogP contribution is -2.23. The zero-order valence-electron chi connectivity index (χ0n) is 20.8. The van der Waals surface area contributed by atoms with Crippen molar-refractivity contribution in [2.24, 2.45) is 10.9 Å². The molecule has 0 spiro atoms. The molecule has 0 unspecified atom stereocenters. The largest absolute Gasteiger partial charge is 0.394 e. The molecule has 190 valence electrons. The van der Waals surface area contributed by atoms with E-state index >= 15 is 0 Å². The van der Waals surface area contributed by atoms with Gasteiger partial charge in [-0.25, -0.2) is 4.39 Å². The fraction of sp³-hybridized carbons (Fsp3) is 0.161. The molecule has 1 amide bonds. The molecular weight excluding hydrogens is 481 g/mol. The Morgan fingerprint density at radius 2 is 1.50 bits per heavy atom. The number of amides is 1. The van der Waals surface area contributed by atoms with Gasteiger partial charge in [0.1, 0.15) is 24.6 Å². The van der Waals surface area contributed by atoms with Gasteiger partial charge in [-0.15, -0.1) is 0 Å². The normalized spacial score (nSPS) is 17.2. The van der Waals surface area contributed by atoms with Gasteiger partial charge in [0.25, 0.3) is 5.91 Å². The highest BCUT2D eigenvalue weighted by Crippen LogP contribution is 2.54. The number of halogens is 1. The number of ether oxygens (including phenoxy) is 1. The van der Waals surface area contributed by atoms with Crippen LogP contribution in [0.5, 0.6) is 0 Å². The van der Waals surface area contributed by atoms with Crippen molar-refractivity contribution in [3.63, 3.8) is 0 Å². The van der Waals surface area contributed by atoms with Crippen molar-refractivity contribution in [1.82, 2.24) is 5.32 Å². The summed E-state index contributed by atoms with van der Waals surface area (Å²) >= 11 is 0. The Hall–Kier alpha value is -4.49. The number of nitrogens with two attached hydrogens (primary N) is 1. The number of nitrogens with one attached hydrogen (secondary N) is 1. The Labute approximate surface area is 219 Å². The van der Waals surface area contributed by atoms with Crippen LogP contribution in [0.15, 0.2) is 90.1 Å². The third kappa shape index (κ3) is 4.31. The van der Waals surface area contributed by atoms with Crippen LogP contribution in [-0.4, -0.2) is 18.3 Å². The lowest BCUT2D eigenvalue weighted by Gasteiger charge is -2.18. The minimum Gasteiger partial charge on any atom is -0.394 e. The highest BCUT2D eigenvalue weighted by atomic mass is 19.1. The number of hydrogen-bond donors (Lipinski definition) is 2. The van der Waals surface area contributed by atoms with Crippen LogP contribution in [0, 0.1) is 5.82 Å². The van der Waals surface area contributed by atoms with Gasteiger partial charge in [-0.2, -0.15) is 0 Å². The van der Waals surface area contributed by atoms with E-state index in [0.29, 0.717) is 24.6 Å². The lowest BCUT2D eigenvalue weighted by molar-refractivity contribution is 0.0857. The molecule has 0 aromatic heterocycles. The first-order valence-corrected chi connectivity index (χ1v) is 12.5. The topological polar surface area (TPSA) is 85.9 Å². The molecule has 2 heterocycles. The van der Waals surface area contributed by atoms with Crippen LogP contribution in [0.1, 0.15) is 62.9 Å². The number of amidine groups is 1. The summed E-state index contributed by atoms with van der Waals surface area (Å²) in [5.74, 6) is -0.105. The fourth-order valence-corrected chi connectivity index (χ4v) is 5.07. The minimum absolute atomic E-state index is 0.137. The van der Waals surface area contributed by atoms with Gasteiger partial charge < -0.3 is 20.6 Å². The summed E-state index contributed by atoms with van der Waals surface area (Å²) in [6.45, 7) is 2.67. The van der Waals surface area contributed by atoms with Crippen molar-refractivity contribution in [2.75, 3.05) is 6.61 Å². The third-order valence-corrected chi connectivity index (χ3v) is 7.01. The summed E-state index contributed by atoms with van der Waals surface area (Å²) < 4.78 is 19.7. The maximum absolute atomic E-state index is 13.4. The molecule has 38 heavy (non-hydrogen) atoms. The Morgan fingerprint density at radius 3 is 2.24 bits per heavy atom. The average Bonchev–Trinajstić information content (AvgIpc) is 3.52. The molecule has 2 aliphatic rings. The van der Waals surface area contributed by atoms with Gasteiger partial charge in [-0.3, -0.25) is 4.79 Å². The van der Waals surface area contributed by atoms with Gasteiger partial charge in [0, 0.05) is 17.7 Å². The molecule has 0 radical (unpaired) electrons. The molecule has 0 saturated carbocycles. The number of carbonyl (C=O) groups excluding carboxylic acids is 1. The number of carbonyl (C=O) groups is 1. The fourth-order valence-electron chi connectivity index (χ4n) is 5.07. The van der Waals surface area contributed by atoms with E-state index in [2.05, 4.69) is 22.6 Å². The zero-order chi connectivity index (χ0) is 26.2. The van der Waals surface area contributed by atoms with E-state index in [9.17, 15) is 9.18 Å². The van der Waals surface area contributed by atoms with Crippen molar-refractivity contribution in [3.05, 3.63) is 130 Å². The summed E-state index contributed by atoms with van der Waals surface area (Å²) in [5, 5.41) is 6.83. The van der Waals surface area contributed by atoms with E-state index < -0.39 is 0 Å². The molecule has 6 nitrogen and oxygen atoms in total. The second-order valence-corrected chi connectivity index (χ2v) is 9.36. The quantitative estimate of drug-likeness (QED) is 0.194. The van der Waals surface area contributed by atoms with Gasteiger partial charge in [0.15, 0.2) is 5.84 Å². The van der Waals surface area contributed by atoms with Crippen molar-refractivity contribution in [3.8, 4) is 11.1 Å². The van der Waals surface area contributed by atoms with Crippen molar-refractivity contribution in [2.45, 2.75) is 25.7 Å². The molecule has 2 atom stereocenters. The van der Waals surface area contributed by atoms with Crippen LogP contribution >= 0.6 is 0 Å². The summed E-state index contributed by atoms with van der Waals surface area (Å²) in [7, 11) is 0. The molecule has 0 aliphatic carbocycles. The predicted molar refractivity (Wildman–Crippen MR) is 143 cm³/mol. The maximum atomic E-state index is 13.4. The number of rotatable bonds is 7.